The second-order valence-electron chi connectivity index (χ2n) is 4.60. The average Bonchev–Trinajstić information content (AvgIpc) is 2.57. The number of phenolic OH excluding ortho intramolecular Hbond substituents is 1. The standard InChI is InChI=1S/C13H19NO2/c1-3-10-11(6-4-7-12(10)15)14-9-5-8-13(14,2)16/h4,6-7,15-16H,3,5,8-9H2,1-2H3. The molecule has 1 aromatic carbocycles. The molecule has 0 aliphatic carbocycles. The Morgan fingerprint density at radius 3 is 2.75 bits per heavy atom. The van der Waals surface area contributed by atoms with Gasteiger partial charge in [0.15, 0.2) is 0 Å². The van der Waals surface area contributed by atoms with Gasteiger partial charge in [-0.05, 0) is 38.3 Å². The van der Waals surface area contributed by atoms with E-state index in [0.717, 1.165) is 37.1 Å². The zero-order valence-electron chi connectivity index (χ0n) is 9.90. The lowest BCUT2D eigenvalue weighted by atomic mass is 10.1. The van der Waals surface area contributed by atoms with E-state index in [1.54, 1.807) is 6.07 Å². The van der Waals surface area contributed by atoms with Crippen LogP contribution in [-0.4, -0.2) is 22.5 Å². The number of anilines is 1. The minimum Gasteiger partial charge on any atom is -0.508 e. The SMILES string of the molecule is CCc1c(O)cccc1N1CCCC1(C)O. The van der Waals surface area contributed by atoms with Crippen LogP contribution in [-0.2, 0) is 6.42 Å². The van der Waals surface area contributed by atoms with E-state index in [9.17, 15) is 10.2 Å². The fourth-order valence-electron chi connectivity index (χ4n) is 2.51. The van der Waals surface area contributed by atoms with Crippen LogP contribution in [0.1, 0.15) is 32.3 Å². The monoisotopic (exact) mass is 221 g/mol. The molecule has 3 nitrogen and oxygen atoms in total. The smallest absolute Gasteiger partial charge is 0.135 e. The molecule has 88 valence electrons. The maximum absolute atomic E-state index is 10.3. The Morgan fingerprint density at radius 1 is 1.44 bits per heavy atom. The number of aromatic hydroxyl groups is 1. The molecule has 1 aliphatic rings. The van der Waals surface area contributed by atoms with E-state index in [1.807, 2.05) is 30.9 Å². The maximum atomic E-state index is 10.3. The molecule has 1 unspecified atom stereocenters. The number of nitrogens with zero attached hydrogens (tertiary/aromatic N) is 1. The summed E-state index contributed by atoms with van der Waals surface area (Å²) in [6.45, 7) is 4.70. The van der Waals surface area contributed by atoms with Crippen LogP contribution in [0.4, 0.5) is 5.69 Å². The number of aliphatic hydroxyl groups is 1. The first-order chi connectivity index (χ1) is 7.56. The Balaban J connectivity index is 2.44. The Labute approximate surface area is 96.3 Å². The van der Waals surface area contributed by atoms with Gasteiger partial charge in [-0.1, -0.05) is 13.0 Å². The molecule has 0 saturated carbocycles. The van der Waals surface area contributed by atoms with Gasteiger partial charge < -0.3 is 15.1 Å². The van der Waals surface area contributed by atoms with Crippen molar-refractivity contribution in [2.24, 2.45) is 0 Å². The molecule has 1 atom stereocenters. The maximum Gasteiger partial charge on any atom is 0.135 e. The van der Waals surface area contributed by atoms with Crippen LogP contribution in [0, 0.1) is 0 Å². The summed E-state index contributed by atoms with van der Waals surface area (Å²) in [7, 11) is 0. The molecule has 0 aromatic heterocycles. The van der Waals surface area contributed by atoms with Gasteiger partial charge in [-0.25, -0.2) is 0 Å². The molecule has 1 aromatic rings. The molecule has 2 rings (SSSR count). The van der Waals surface area contributed by atoms with Gasteiger partial charge in [0.2, 0.25) is 0 Å². The fraction of sp³-hybridized carbons (Fsp3) is 0.538. The van der Waals surface area contributed by atoms with Crippen molar-refractivity contribution >= 4 is 5.69 Å². The lowest BCUT2D eigenvalue weighted by Gasteiger charge is -2.33. The Kier molecular flexibility index (Phi) is 2.80. The highest BCUT2D eigenvalue weighted by Crippen LogP contribution is 2.37. The van der Waals surface area contributed by atoms with Crippen molar-refractivity contribution in [2.75, 3.05) is 11.4 Å². The lowest BCUT2D eigenvalue weighted by molar-refractivity contribution is 0.0712. The van der Waals surface area contributed by atoms with E-state index in [-0.39, 0.29) is 0 Å². The van der Waals surface area contributed by atoms with Crippen molar-refractivity contribution in [2.45, 2.75) is 38.8 Å². The quantitative estimate of drug-likeness (QED) is 0.805. The van der Waals surface area contributed by atoms with Gasteiger partial charge in [-0.15, -0.1) is 0 Å². The number of benzene rings is 1. The van der Waals surface area contributed by atoms with Gasteiger partial charge in [0.1, 0.15) is 11.5 Å². The third-order valence-corrected chi connectivity index (χ3v) is 3.38. The van der Waals surface area contributed by atoms with Gasteiger partial charge in [0, 0.05) is 17.8 Å². The van der Waals surface area contributed by atoms with Gasteiger partial charge in [0.05, 0.1) is 0 Å². The van der Waals surface area contributed by atoms with Crippen molar-refractivity contribution < 1.29 is 10.2 Å². The molecule has 0 radical (unpaired) electrons. The molecule has 1 saturated heterocycles. The summed E-state index contributed by atoms with van der Waals surface area (Å²) in [5.41, 5.74) is 1.10. The van der Waals surface area contributed by atoms with E-state index < -0.39 is 5.72 Å². The Bertz CT molecular complexity index is 388. The van der Waals surface area contributed by atoms with Crippen molar-refractivity contribution in [3.63, 3.8) is 0 Å². The first kappa shape index (κ1) is 11.3. The fourth-order valence-corrected chi connectivity index (χ4v) is 2.51. The van der Waals surface area contributed by atoms with Gasteiger partial charge in [0.25, 0.3) is 0 Å². The van der Waals surface area contributed by atoms with Crippen LogP contribution in [0.3, 0.4) is 0 Å². The highest BCUT2D eigenvalue weighted by Gasteiger charge is 2.35. The topological polar surface area (TPSA) is 43.7 Å². The second-order valence-corrected chi connectivity index (χ2v) is 4.60. The third kappa shape index (κ3) is 1.76. The average molecular weight is 221 g/mol. The number of phenols is 1. The zero-order chi connectivity index (χ0) is 11.8. The van der Waals surface area contributed by atoms with Crippen LogP contribution >= 0.6 is 0 Å². The first-order valence-electron chi connectivity index (χ1n) is 5.87. The van der Waals surface area contributed by atoms with Crippen molar-refractivity contribution in [3.05, 3.63) is 23.8 Å². The molecule has 0 bridgehead atoms. The van der Waals surface area contributed by atoms with Crippen LogP contribution in [0.15, 0.2) is 18.2 Å². The number of hydrogen-bond acceptors (Lipinski definition) is 3. The van der Waals surface area contributed by atoms with E-state index in [2.05, 4.69) is 0 Å². The van der Waals surface area contributed by atoms with Crippen molar-refractivity contribution in [3.8, 4) is 5.75 Å². The van der Waals surface area contributed by atoms with E-state index in [0.29, 0.717) is 5.75 Å². The Morgan fingerprint density at radius 2 is 2.19 bits per heavy atom. The predicted molar refractivity (Wildman–Crippen MR) is 64.7 cm³/mol. The van der Waals surface area contributed by atoms with Crippen LogP contribution in [0.2, 0.25) is 0 Å². The molecule has 16 heavy (non-hydrogen) atoms. The summed E-state index contributed by atoms with van der Waals surface area (Å²) in [6, 6.07) is 5.50. The van der Waals surface area contributed by atoms with E-state index >= 15 is 0 Å². The Hall–Kier alpha value is -1.22. The highest BCUT2D eigenvalue weighted by atomic mass is 16.3. The number of hydrogen-bond donors (Lipinski definition) is 2. The third-order valence-electron chi connectivity index (χ3n) is 3.38. The van der Waals surface area contributed by atoms with Gasteiger partial charge >= 0.3 is 0 Å². The number of rotatable bonds is 2. The molecule has 3 heteroatoms. The molecule has 1 heterocycles. The largest absolute Gasteiger partial charge is 0.508 e. The summed E-state index contributed by atoms with van der Waals surface area (Å²) >= 11 is 0. The summed E-state index contributed by atoms with van der Waals surface area (Å²) in [4.78, 5) is 1.99. The lowest BCUT2D eigenvalue weighted by Crippen LogP contribution is -2.41. The molecule has 0 amide bonds. The minimum atomic E-state index is -0.780. The van der Waals surface area contributed by atoms with Crippen molar-refractivity contribution in [1.82, 2.24) is 0 Å². The second kappa shape index (κ2) is 3.98. The molecule has 0 spiro atoms. The van der Waals surface area contributed by atoms with Crippen molar-refractivity contribution in [1.29, 1.82) is 0 Å². The predicted octanol–water partition coefficient (Wildman–Crippen LogP) is 2.26. The van der Waals surface area contributed by atoms with Gasteiger partial charge in [-0.2, -0.15) is 0 Å². The molecule has 2 N–H and O–H groups in total. The van der Waals surface area contributed by atoms with Crippen LogP contribution in [0.5, 0.6) is 5.75 Å². The van der Waals surface area contributed by atoms with Gasteiger partial charge in [-0.3, -0.25) is 0 Å². The molecular formula is C13H19NO2. The summed E-state index contributed by atoms with van der Waals surface area (Å²) in [5, 5.41) is 20.1. The minimum absolute atomic E-state index is 0.322. The highest BCUT2D eigenvalue weighted by molar-refractivity contribution is 5.60. The summed E-state index contributed by atoms with van der Waals surface area (Å²) in [6.07, 6.45) is 2.55. The van der Waals surface area contributed by atoms with E-state index in [4.69, 9.17) is 0 Å². The normalized spacial score (nSPS) is 25.1. The van der Waals surface area contributed by atoms with E-state index in [1.165, 1.54) is 0 Å². The van der Waals surface area contributed by atoms with Crippen LogP contribution < -0.4 is 4.90 Å². The molecule has 1 fully saturated rings. The zero-order valence-corrected chi connectivity index (χ0v) is 9.90. The molecular weight excluding hydrogens is 202 g/mol. The first-order valence-corrected chi connectivity index (χ1v) is 5.87. The summed E-state index contributed by atoms with van der Waals surface area (Å²) < 4.78 is 0. The molecule has 1 aliphatic heterocycles. The summed E-state index contributed by atoms with van der Waals surface area (Å²) in [5.74, 6) is 0.322. The van der Waals surface area contributed by atoms with Crippen LogP contribution in [0.25, 0.3) is 0 Å².